The van der Waals surface area contributed by atoms with Crippen LogP contribution in [0.15, 0.2) is 42.6 Å². The second-order valence-corrected chi connectivity index (χ2v) is 5.82. The van der Waals surface area contributed by atoms with Gasteiger partial charge in [0.05, 0.1) is 12.1 Å². The summed E-state index contributed by atoms with van der Waals surface area (Å²) in [5, 5.41) is 0.984. The van der Waals surface area contributed by atoms with Gasteiger partial charge in [0, 0.05) is 23.6 Å². The van der Waals surface area contributed by atoms with Crippen molar-refractivity contribution in [2.24, 2.45) is 0 Å². The molecule has 0 N–H and O–H groups in total. The SMILES string of the molecule is COC(=O)CCC(C(=O)c1ccc(Cl)cn1)c1cccc(Cl)c1. The van der Waals surface area contributed by atoms with E-state index in [9.17, 15) is 9.59 Å². The molecule has 6 heteroatoms. The average molecular weight is 352 g/mol. The van der Waals surface area contributed by atoms with E-state index in [0.717, 1.165) is 5.56 Å². The summed E-state index contributed by atoms with van der Waals surface area (Å²) < 4.78 is 4.65. The van der Waals surface area contributed by atoms with Gasteiger partial charge in [0.25, 0.3) is 0 Å². The number of aromatic nitrogens is 1. The zero-order valence-corrected chi connectivity index (χ0v) is 14.0. The van der Waals surface area contributed by atoms with Gasteiger partial charge in [-0.05, 0) is 36.2 Å². The van der Waals surface area contributed by atoms with Gasteiger partial charge in [0.1, 0.15) is 5.69 Å². The van der Waals surface area contributed by atoms with Gasteiger partial charge in [0.2, 0.25) is 0 Å². The quantitative estimate of drug-likeness (QED) is 0.574. The third-order valence-electron chi connectivity index (χ3n) is 3.41. The molecule has 1 aromatic carbocycles. The highest BCUT2D eigenvalue weighted by Gasteiger charge is 2.24. The molecule has 0 fully saturated rings. The predicted molar refractivity (Wildman–Crippen MR) is 89.0 cm³/mol. The van der Waals surface area contributed by atoms with Crippen molar-refractivity contribution in [3.05, 3.63) is 63.9 Å². The normalized spacial score (nSPS) is 11.8. The van der Waals surface area contributed by atoms with Crippen molar-refractivity contribution in [2.75, 3.05) is 7.11 Å². The van der Waals surface area contributed by atoms with Crippen LogP contribution in [0.1, 0.15) is 34.8 Å². The van der Waals surface area contributed by atoms with Crippen LogP contribution in [0.3, 0.4) is 0 Å². The van der Waals surface area contributed by atoms with Crippen molar-refractivity contribution >= 4 is 35.0 Å². The standard InChI is InChI=1S/C17H15Cl2NO3/c1-23-16(21)8-6-14(11-3-2-4-12(18)9-11)17(22)15-7-5-13(19)10-20-15/h2-5,7,9-10,14H,6,8H2,1H3. The minimum atomic E-state index is -0.526. The summed E-state index contributed by atoms with van der Waals surface area (Å²) in [5.41, 5.74) is 1.03. The van der Waals surface area contributed by atoms with Gasteiger partial charge >= 0.3 is 5.97 Å². The van der Waals surface area contributed by atoms with E-state index in [1.54, 1.807) is 30.3 Å². The van der Waals surface area contributed by atoms with Gasteiger partial charge < -0.3 is 4.74 Å². The number of ether oxygens (including phenoxy) is 1. The number of methoxy groups -OCH3 is 1. The number of hydrogen-bond donors (Lipinski definition) is 0. The number of pyridine rings is 1. The van der Waals surface area contributed by atoms with Gasteiger partial charge in [-0.2, -0.15) is 0 Å². The molecule has 1 aromatic heterocycles. The molecule has 0 bridgehead atoms. The van der Waals surface area contributed by atoms with Crippen LogP contribution >= 0.6 is 23.2 Å². The molecule has 0 amide bonds. The number of rotatable bonds is 6. The van der Waals surface area contributed by atoms with Crippen molar-refractivity contribution in [3.8, 4) is 0 Å². The van der Waals surface area contributed by atoms with Gasteiger partial charge in [-0.15, -0.1) is 0 Å². The van der Waals surface area contributed by atoms with E-state index in [1.165, 1.54) is 13.3 Å². The Hall–Kier alpha value is -1.91. The number of carbonyl (C=O) groups is 2. The average Bonchev–Trinajstić information content (AvgIpc) is 2.55. The molecule has 2 rings (SSSR count). The van der Waals surface area contributed by atoms with Crippen molar-refractivity contribution in [1.29, 1.82) is 0 Å². The molecule has 0 aliphatic heterocycles. The number of halogens is 2. The Kier molecular flexibility index (Phi) is 6.13. The second-order valence-electron chi connectivity index (χ2n) is 4.95. The summed E-state index contributed by atoms with van der Waals surface area (Å²) >= 11 is 11.8. The molecule has 0 spiro atoms. The number of benzene rings is 1. The Morgan fingerprint density at radius 3 is 2.57 bits per heavy atom. The minimum Gasteiger partial charge on any atom is -0.469 e. The van der Waals surface area contributed by atoms with Crippen LogP contribution < -0.4 is 0 Å². The molecule has 120 valence electrons. The van der Waals surface area contributed by atoms with E-state index in [2.05, 4.69) is 9.72 Å². The highest BCUT2D eigenvalue weighted by molar-refractivity contribution is 6.31. The van der Waals surface area contributed by atoms with Gasteiger partial charge in [0.15, 0.2) is 5.78 Å². The molecule has 4 nitrogen and oxygen atoms in total. The van der Waals surface area contributed by atoms with E-state index >= 15 is 0 Å². The number of esters is 1. The molecular formula is C17H15Cl2NO3. The van der Waals surface area contributed by atoms with Gasteiger partial charge in [-0.1, -0.05) is 35.3 Å². The second kappa shape index (κ2) is 8.09. The highest BCUT2D eigenvalue weighted by Crippen LogP contribution is 2.27. The Balaban J connectivity index is 2.30. The van der Waals surface area contributed by atoms with Crippen LogP contribution in [0.4, 0.5) is 0 Å². The van der Waals surface area contributed by atoms with E-state index in [-0.39, 0.29) is 18.2 Å². The Labute approximate surface area is 144 Å². The van der Waals surface area contributed by atoms with Crippen LogP contribution in [0.5, 0.6) is 0 Å². The van der Waals surface area contributed by atoms with Gasteiger partial charge in [-0.25, -0.2) is 0 Å². The first-order valence-electron chi connectivity index (χ1n) is 6.99. The fourth-order valence-electron chi connectivity index (χ4n) is 2.24. The zero-order chi connectivity index (χ0) is 16.8. The Morgan fingerprint density at radius 2 is 1.96 bits per heavy atom. The van der Waals surface area contributed by atoms with Crippen LogP contribution in [-0.4, -0.2) is 23.8 Å². The topological polar surface area (TPSA) is 56.3 Å². The highest BCUT2D eigenvalue weighted by atomic mass is 35.5. The van der Waals surface area contributed by atoms with Crippen LogP contribution in [0.25, 0.3) is 0 Å². The molecule has 0 aliphatic rings. The minimum absolute atomic E-state index is 0.132. The molecule has 23 heavy (non-hydrogen) atoms. The summed E-state index contributed by atoms with van der Waals surface area (Å²) in [4.78, 5) is 28.3. The predicted octanol–water partition coefficient (Wildman–Crippen LogP) is 4.31. The van der Waals surface area contributed by atoms with E-state index in [1.807, 2.05) is 6.07 Å². The van der Waals surface area contributed by atoms with E-state index in [0.29, 0.717) is 22.2 Å². The lowest BCUT2D eigenvalue weighted by molar-refractivity contribution is -0.140. The molecular weight excluding hydrogens is 337 g/mol. The Bertz CT molecular complexity index is 701. The molecule has 2 aromatic rings. The van der Waals surface area contributed by atoms with Crippen LogP contribution in [-0.2, 0) is 9.53 Å². The van der Waals surface area contributed by atoms with E-state index < -0.39 is 5.92 Å². The first kappa shape index (κ1) is 17.4. The van der Waals surface area contributed by atoms with Crippen LogP contribution in [0, 0.1) is 0 Å². The summed E-state index contributed by atoms with van der Waals surface area (Å²) in [6.07, 6.45) is 1.87. The molecule has 1 heterocycles. The summed E-state index contributed by atoms with van der Waals surface area (Å²) in [6.45, 7) is 0. The third-order valence-corrected chi connectivity index (χ3v) is 3.87. The number of carbonyl (C=O) groups excluding carboxylic acids is 2. The lowest BCUT2D eigenvalue weighted by atomic mass is 9.88. The summed E-state index contributed by atoms with van der Waals surface area (Å²) in [5.74, 6) is -1.08. The summed E-state index contributed by atoms with van der Waals surface area (Å²) in [6, 6.07) is 10.2. The fraction of sp³-hybridized carbons (Fsp3) is 0.235. The van der Waals surface area contributed by atoms with Gasteiger partial charge in [-0.3, -0.25) is 14.6 Å². The van der Waals surface area contributed by atoms with E-state index in [4.69, 9.17) is 23.2 Å². The molecule has 0 aliphatic carbocycles. The number of ketones is 1. The lowest BCUT2D eigenvalue weighted by Gasteiger charge is -2.16. The number of Topliss-reactive ketones (excluding diaryl/α,β-unsaturated/α-hetero) is 1. The summed E-state index contributed by atoms with van der Waals surface area (Å²) in [7, 11) is 1.32. The van der Waals surface area contributed by atoms with Crippen LogP contribution in [0.2, 0.25) is 10.0 Å². The van der Waals surface area contributed by atoms with Crippen molar-refractivity contribution in [2.45, 2.75) is 18.8 Å². The maximum absolute atomic E-state index is 12.8. The smallest absolute Gasteiger partial charge is 0.305 e. The Morgan fingerprint density at radius 1 is 1.17 bits per heavy atom. The first-order valence-corrected chi connectivity index (χ1v) is 7.75. The number of nitrogens with zero attached hydrogens (tertiary/aromatic N) is 1. The van der Waals surface area contributed by atoms with Crippen molar-refractivity contribution < 1.29 is 14.3 Å². The molecule has 0 saturated heterocycles. The molecule has 0 radical (unpaired) electrons. The lowest BCUT2D eigenvalue weighted by Crippen LogP contribution is -2.16. The van der Waals surface area contributed by atoms with Crippen molar-refractivity contribution in [3.63, 3.8) is 0 Å². The molecule has 1 unspecified atom stereocenters. The number of hydrogen-bond acceptors (Lipinski definition) is 4. The molecule has 0 saturated carbocycles. The first-order chi connectivity index (χ1) is 11.0. The molecule has 1 atom stereocenters. The maximum Gasteiger partial charge on any atom is 0.305 e. The fourth-order valence-corrected chi connectivity index (χ4v) is 2.55. The monoisotopic (exact) mass is 351 g/mol. The zero-order valence-electron chi connectivity index (χ0n) is 12.5. The largest absolute Gasteiger partial charge is 0.469 e. The van der Waals surface area contributed by atoms with Crippen molar-refractivity contribution in [1.82, 2.24) is 4.98 Å². The maximum atomic E-state index is 12.8. The third kappa shape index (κ3) is 4.78.